The van der Waals surface area contributed by atoms with Crippen molar-refractivity contribution in [2.45, 2.75) is 44.4 Å². The molecule has 6 nitrogen and oxygen atoms in total. The number of carbonyl (C=O) groups excluding carboxylic acids is 1. The maximum absolute atomic E-state index is 13.9. The molecule has 0 bridgehead atoms. The highest BCUT2D eigenvalue weighted by atomic mass is 19.4. The summed E-state index contributed by atoms with van der Waals surface area (Å²) >= 11 is 0. The Kier molecular flexibility index (Phi) is 5.38. The van der Waals surface area contributed by atoms with E-state index in [1.54, 1.807) is 29.2 Å². The highest BCUT2D eigenvalue weighted by Gasteiger charge is 2.47. The van der Waals surface area contributed by atoms with Gasteiger partial charge in [-0.25, -0.2) is 4.68 Å². The van der Waals surface area contributed by atoms with Gasteiger partial charge in [-0.15, -0.1) is 0 Å². The maximum atomic E-state index is 13.9. The average Bonchev–Trinajstić information content (AvgIpc) is 3.16. The van der Waals surface area contributed by atoms with Gasteiger partial charge in [-0.1, -0.05) is 19.1 Å². The topological polar surface area (TPSA) is 59.4 Å². The zero-order valence-electron chi connectivity index (χ0n) is 16.9. The number of rotatable bonds is 3. The molecule has 2 aliphatic rings. The SMILES string of the molecule is COc1cccc(C2CC(C(F)(F)F)n3ncc(C(=O)N4CCC(C)CC4)c3N2)c1. The second kappa shape index (κ2) is 7.85. The fourth-order valence-electron chi connectivity index (χ4n) is 4.18. The van der Waals surface area contributed by atoms with Crippen LogP contribution in [-0.4, -0.2) is 47.0 Å². The van der Waals surface area contributed by atoms with Gasteiger partial charge in [0.2, 0.25) is 0 Å². The lowest BCUT2D eigenvalue weighted by atomic mass is 9.96. The third kappa shape index (κ3) is 3.85. The second-order valence-electron chi connectivity index (χ2n) is 8.09. The lowest BCUT2D eigenvalue weighted by Crippen LogP contribution is -2.39. The Labute approximate surface area is 173 Å². The van der Waals surface area contributed by atoms with Crippen molar-refractivity contribution < 1.29 is 22.7 Å². The van der Waals surface area contributed by atoms with Crippen molar-refractivity contribution in [2.75, 3.05) is 25.5 Å². The van der Waals surface area contributed by atoms with Gasteiger partial charge in [0.1, 0.15) is 17.1 Å². The summed E-state index contributed by atoms with van der Waals surface area (Å²) in [5.41, 5.74) is 0.854. The number of halogens is 3. The molecule has 4 rings (SSSR count). The first-order chi connectivity index (χ1) is 14.3. The smallest absolute Gasteiger partial charge is 0.410 e. The monoisotopic (exact) mass is 422 g/mol. The van der Waals surface area contributed by atoms with Crippen LogP contribution in [0.2, 0.25) is 0 Å². The number of alkyl halides is 3. The molecule has 30 heavy (non-hydrogen) atoms. The molecule has 0 aliphatic carbocycles. The summed E-state index contributed by atoms with van der Waals surface area (Å²) in [7, 11) is 1.51. The van der Waals surface area contributed by atoms with Gasteiger partial charge in [0.25, 0.3) is 5.91 Å². The van der Waals surface area contributed by atoms with Gasteiger partial charge in [-0.05, 0) is 36.5 Å². The van der Waals surface area contributed by atoms with Gasteiger partial charge in [-0.3, -0.25) is 4.79 Å². The molecule has 162 valence electrons. The zero-order valence-corrected chi connectivity index (χ0v) is 16.9. The fraction of sp³-hybridized carbons (Fsp3) is 0.524. The highest BCUT2D eigenvalue weighted by Crippen LogP contribution is 2.44. The average molecular weight is 422 g/mol. The first-order valence-corrected chi connectivity index (χ1v) is 10.1. The number of anilines is 1. The van der Waals surface area contributed by atoms with Gasteiger partial charge in [0.15, 0.2) is 6.04 Å². The van der Waals surface area contributed by atoms with Crippen LogP contribution in [0.25, 0.3) is 0 Å². The third-order valence-electron chi connectivity index (χ3n) is 6.04. The predicted octanol–water partition coefficient (Wildman–Crippen LogP) is 4.42. The quantitative estimate of drug-likeness (QED) is 0.795. The Hall–Kier alpha value is -2.71. The Morgan fingerprint density at radius 3 is 2.67 bits per heavy atom. The summed E-state index contributed by atoms with van der Waals surface area (Å²) in [6.07, 6.45) is -1.67. The number of amides is 1. The van der Waals surface area contributed by atoms with Gasteiger partial charge in [0, 0.05) is 19.5 Å². The molecule has 0 saturated carbocycles. The summed E-state index contributed by atoms with van der Waals surface area (Å²) in [5.74, 6) is 0.957. The molecule has 2 unspecified atom stereocenters. The van der Waals surface area contributed by atoms with E-state index in [9.17, 15) is 18.0 Å². The molecule has 2 atom stereocenters. The molecule has 3 heterocycles. The van der Waals surface area contributed by atoms with Crippen molar-refractivity contribution in [3.63, 3.8) is 0 Å². The lowest BCUT2D eigenvalue weighted by molar-refractivity contribution is -0.173. The lowest BCUT2D eigenvalue weighted by Gasteiger charge is -2.35. The van der Waals surface area contributed by atoms with Crippen molar-refractivity contribution in [1.82, 2.24) is 14.7 Å². The number of fused-ring (bicyclic) bond motifs is 1. The second-order valence-corrected chi connectivity index (χ2v) is 8.09. The Bertz CT molecular complexity index is 919. The van der Waals surface area contributed by atoms with E-state index < -0.39 is 18.3 Å². The highest BCUT2D eigenvalue weighted by molar-refractivity contribution is 5.99. The van der Waals surface area contributed by atoms with Gasteiger partial charge in [-0.2, -0.15) is 18.3 Å². The van der Waals surface area contributed by atoms with E-state index >= 15 is 0 Å². The van der Waals surface area contributed by atoms with Crippen molar-refractivity contribution in [3.05, 3.63) is 41.6 Å². The summed E-state index contributed by atoms with van der Waals surface area (Å²) in [4.78, 5) is 14.8. The minimum absolute atomic E-state index is 0.125. The van der Waals surface area contributed by atoms with Gasteiger partial charge in [0.05, 0.1) is 19.3 Å². The molecule has 0 spiro atoms. The molecule has 1 fully saturated rings. The Morgan fingerprint density at radius 2 is 2.00 bits per heavy atom. The minimum Gasteiger partial charge on any atom is -0.497 e. The number of hydrogen-bond acceptors (Lipinski definition) is 4. The van der Waals surface area contributed by atoms with Crippen LogP contribution >= 0.6 is 0 Å². The Morgan fingerprint density at radius 1 is 1.27 bits per heavy atom. The van der Waals surface area contributed by atoms with Crippen molar-refractivity contribution in [3.8, 4) is 5.75 Å². The van der Waals surface area contributed by atoms with Crippen molar-refractivity contribution in [2.24, 2.45) is 5.92 Å². The summed E-state index contributed by atoms with van der Waals surface area (Å²) in [5, 5.41) is 7.10. The fourth-order valence-corrected chi connectivity index (χ4v) is 4.18. The molecule has 1 aromatic carbocycles. The molecule has 1 saturated heterocycles. The minimum atomic E-state index is -4.49. The van der Waals surface area contributed by atoms with Gasteiger partial charge >= 0.3 is 6.18 Å². The molecule has 2 aromatic rings. The van der Waals surface area contributed by atoms with Gasteiger partial charge < -0.3 is 15.0 Å². The molecular formula is C21H25F3N4O2. The van der Waals surface area contributed by atoms with Crippen LogP contribution in [0.4, 0.5) is 19.0 Å². The summed E-state index contributed by atoms with van der Waals surface area (Å²) in [6.45, 7) is 3.34. The normalized spacial score (nSPS) is 22.4. The first-order valence-electron chi connectivity index (χ1n) is 10.1. The molecular weight excluding hydrogens is 397 g/mol. The van der Waals surface area contributed by atoms with E-state index in [0.29, 0.717) is 30.3 Å². The van der Waals surface area contributed by atoms with E-state index in [1.807, 2.05) is 0 Å². The molecule has 0 radical (unpaired) electrons. The number of carbonyl (C=O) groups is 1. The molecule has 9 heteroatoms. The number of aromatic nitrogens is 2. The molecule has 1 amide bonds. The number of nitrogens with one attached hydrogen (secondary N) is 1. The first kappa shape index (κ1) is 20.6. The van der Waals surface area contributed by atoms with Crippen LogP contribution < -0.4 is 10.1 Å². The van der Waals surface area contributed by atoms with Crippen molar-refractivity contribution in [1.29, 1.82) is 0 Å². The van der Waals surface area contributed by atoms with E-state index in [2.05, 4.69) is 17.3 Å². The molecule has 1 N–H and O–H groups in total. The zero-order chi connectivity index (χ0) is 21.5. The van der Waals surface area contributed by atoms with Crippen LogP contribution in [0, 0.1) is 5.92 Å². The van der Waals surface area contributed by atoms with E-state index in [4.69, 9.17) is 4.74 Å². The third-order valence-corrected chi connectivity index (χ3v) is 6.04. The standard InChI is InChI=1S/C21H25F3N4O2/c1-13-6-8-27(9-7-13)20(29)16-12-25-28-18(21(22,23)24)11-17(26-19(16)28)14-4-3-5-15(10-14)30-2/h3-5,10,12-13,17-18,26H,6-9,11H2,1-2H3. The van der Waals surface area contributed by atoms with Crippen LogP contribution in [0.1, 0.15) is 54.2 Å². The number of nitrogens with zero attached hydrogens (tertiary/aromatic N) is 3. The number of likely N-dealkylation sites (tertiary alicyclic amines) is 1. The predicted molar refractivity (Wildman–Crippen MR) is 106 cm³/mol. The van der Waals surface area contributed by atoms with Crippen LogP contribution in [0.3, 0.4) is 0 Å². The number of piperidine rings is 1. The maximum Gasteiger partial charge on any atom is 0.410 e. The number of methoxy groups -OCH3 is 1. The van der Waals surface area contributed by atoms with E-state index in [-0.39, 0.29) is 23.7 Å². The molecule has 1 aromatic heterocycles. The van der Waals surface area contributed by atoms with Crippen LogP contribution in [-0.2, 0) is 0 Å². The number of hydrogen-bond donors (Lipinski definition) is 1. The summed E-state index contributed by atoms with van der Waals surface area (Å²) in [6, 6.07) is 4.52. The number of ether oxygens (including phenoxy) is 1. The number of benzene rings is 1. The largest absolute Gasteiger partial charge is 0.497 e. The van der Waals surface area contributed by atoms with E-state index in [0.717, 1.165) is 17.5 Å². The van der Waals surface area contributed by atoms with Crippen molar-refractivity contribution >= 4 is 11.7 Å². The summed E-state index contributed by atoms with van der Waals surface area (Å²) < 4.78 is 47.7. The van der Waals surface area contributed by atoms with Crippen LogP contribution in [0.15, 0.2) is 30.5 Å². The molecule has 2 aliphatic heterocycles. The Balaban J connectivity index is 1.68. The van der Waals surface area contributed by atoms with Crippen LogP contribution in [0.5, 0.6) is 5.75 Å². The van der Waals surface area contributed by atoms with E-state index in [1.165, 1.54) is 13.3 Å².